The number of aryl methyl sites for hydroxylation is 1. The van der Waals surface area contributed by atoms with Crippen molar-refractivity contribution in [2.45, 2.75) is 30.8 Å². The molecule has 5 rings (SSSR count). The van der Waals surface area contributed by atoms with E-state index in [1.807, 2.05) is 18.4 Å². The fourth-order valence-corrected chi connectivity index (χ4v) is 6.89. The van der Waals surface area contributed by atoms with E-state index in [4.69, 9.17) is 20.8 Å². The van der Waals surface area contributed by atoms with Gasteiger partial charge in [0.15, 0.2) is 0 Å². The van der Waals surface area contributed by atoms with E-state index in [0.717, 1.165) is 11.1 Å². The van der Waals surface area contributed by atoms with Gasteiger partial charge in [0.2, 0.25) is 15.9 Å². The van der Waals surface area contributed by atoms with Crippen LogP contribution >= 0.6 is 22.9 Å². The highest BCUT2D eigenvalue weighted by atomic mass is 35.5. The Bertz CT molecular complexity index is 1480. The SMILES string of the molecule is Cc1ccc(S(=O)(=O)N(CC(=O)N2CCc3sccc3[C@H]2COc2ccc(Cl)cc2)Cc2ccco2)cc1. The number of hydrogen-bond acceptors (Lipinski definition) is 6. The van der Waals surface area contributed by atoms with Crippen LogP contribution in [0.15, 0.2) is 87.7 Å². The van der Waals surface area contributed by atoms with E-state index >= 15 is 0 Å². The van der Waals surface area contributed by atoms with Crippen molar-refractivity contribution in [1.29, 1.82) is 0 Å². The standard InChI is InChI=1S/C28H27ClN2O5S2/c1-20-4-10-24(11-5-20)38(33,34)30(17-23-3-2-15-35-23)18-28(32)31-14-12-27-25(13-16-37-27)26(31)19-36-22-8-6-21(29)7-9-22/h2-11,13,15-16,26H,12,14,17-19H2,1H3/t26-/m1/s1. The van der Waals surface area contributed by atoms with E-state index in [1.54, 1.807) is 76.9 Å². The Labute approximate surface area is 231 Å². The Morgan fingerprint density at radius 2 is 1.89 bits per heavy atom. The molecule has 0 spiro atoms. The third-order valence-electron chi connectivity index (χ3n) is 6.52. The lowest BCUT2D eigenvalue weighted by Gasteiger charge is -2.37. The van der Waals surface area contributed by atoms with Crippen LogP contribution in [-0.2, 0) is 27.8 Å². The Kier molecular flexibility index (Phi) is 7.90. The number of halogens is 1. The summed E-state index contributed by atoms with van der Waals surface area (Å²) in [6, 6.07) is 18.7. The summed E-state index contributed by atoms with van der Waals surface area (Å²) in [5, 5.41) is 2.62. The summed E-state index contributed by atoms with van der Waals surface area (Å²) in [5.74, 6) is 0.800. The number of fused-ring (bicyclic) bond motifs is 1. The summed E-state index contributed by atoms with van der Waals surface area (Å²) in [6.45, 7) is 2.22. The van der Waals surface area contributed by atoms with Gasteiger partial charge in [0.25, 0.3) is 0 Å². The molecule has 3 heterocycles. The number of ether oxygens (including phenoxy) is 1. The Balaban J connectivity index is 1.40. The Hall–Kier alpha value is -3.11. The van der Waals surface area contributed by atoms with Gasteiger partial charge in [0, 0.05) is 16.4 Å². The molecule has 0 saturated carbocycles. The van der Waals surface area contributed by atoms with Gasteiger partial charge in [-0.25, -0.2) is 8.42 Å². The van der Waals surface area contributed by atoms with Gasteiger partial charge in [-0.15, -0.1) is 11.3 Å². The molecule has 0 N–H and O–H groups in total. The summed E-state index contributed by atoms with van der Waals surface area (Å²) in [4.78, 5) is 16.8. The van der Waals surface area contributed by atoms with E-state index < -0.39 is 10.0 Å². The number of furan rings is 1. The van der Waals surface area contributed by atoms with Gasteiger partial charge < -0.3 is 14.1 Å². The van der Waals surface area contributed by atoms with Crippen molar-refractivity contribution in [1.82, 2.24) is 9.21 Å². The van der Waals surface area contributed by atoms with Crippen LogP contribution in [0.5, 0.6) is 5.75 Å². The van der Waals surface area contributed by atoms with Crippen LogP contribution in [0, 0.1) is 6.92 Å². The topological polar surface area (TPSA) is 80.1 Å². The molecule has 1 aliphatic rings. The van der Waals surface area contributed by atoms with Crippen LogP contribution in [-0.4, -0.2) is 43.2 Å². The zero-order valence-electron chi connectivity index (χ0n) is 20.7. The maximum absolute atomic E-state index is 13.8. The second-order valence-electron chi connectivity index (χ2n) is 9.08. The molecule has 38 heavy (non-hydrogen) atoms. The lowest BCUT2D eigenvalue weighted by atomic mass is 10.0. The van der Waals surface area contributed by atoms with Crippen molar-refractivity contribution in [2.75, 3.05) is 19.7 Å². The highest BCUT2D eigenvalue weighted by Gasteiger charge is 2.35. The van der Waals surface area contributed by atoms with E-state index in [-0.39, 0.29) is 36.5 Å². The number of hydrogen-bond donors (Lipinski definition) is 0. The van der Waals surface area contributed by atoms with Crippen molar-refractivity contribution in [3.8, 4) is 5.75 Å². The van der Waals surface area contributed by atoms with Crippen molar-refractivity contribution in [3.05, 3.63) is 105 Å². The molecule has 0 fully saturated rings. The molecule has 198 valence electrons. The van der Waals surface area contributed by atoms with Gasteiger partial charge in [-0.2, -0.15) is 4.31 Å². The number of amides is 1. The molecular formula is C28H27ClN2O5S2. The Morgan fingerprint density at radius 1 is 1.13 bits per heavy atom. The van der Waals surface area contributed by atoms with Gasteiger partial charge in [-0.05, 0) is 78.9 Å². The lowest BCUT2D eigenvalue weighted by molar-refractivity contribution is -0.135. The fourth-order valence-electron chi connectivity index (χ4n) is 4.48. The number of nitrogens with zero attached hydrogens (tertiary/aromatic N) is 2. The van der Waals surface area contributed by atoms with Crippen LogP contribution in [0.1, 0.15) is 27.8 Å². The lowest BCUT2D eigenvalue weighted by Crippen LogP contribution is -2.47. The first kappa shape index (κ1) is 26.5. The van der Waals surface area contributed by atoms with Crippen LogP contribution in [0.25, 0.3) is 0 Å². The third kappa shape index (κ3) is 5.81. The molecule has 0 bridgehead atoms. The predicted molar refractivity (Wildman–Crippen MR) is 147 cm³/mol. The minimum absolute atomic E-state index is 0.0571. The number of rotatable bonds is 9. The van der Waals surface area contributed by atoms with Crippen LogP contribution in [0.3, 0.4) is 0 Å². The Morgan fingerprint density at radius 3 is 2.61 bits per heavy atom. The molecule has 10 heteroatoms. The summed E-state index contributed by atoms with van der Waals surface area (Å²) in [6.07, 6.45) is 2.19. The van der Waals surface area contributed by atoms with Crippen molar-refractivity contribution < 1.29 is 22.4 Å². The first-order valence-corrected chi connectivity index (χ1v) is 14.8. The fraction of sp³-hybridized carbons (Fsp3) is 0.250. The van der Waals surface area contributed by atoms with Gasteiger partial charge in [-0.3, -0.25) is 4.79 Å². The minimum Gasteiger partial charge on any atom is -0.491 e. The molecule has 2 aromatic heterocycles. The quantitative estimate of drug-likeness (QED) is 0.258. The third-order valence-corrected chi connectivity index (χ3v) is 9.57. The largest absolute Gasteiger partial charge is 0.491 e. The first-order valence-electron chi connectivity index (χ1n) is 12.1. The van der Waals surface area contributed by atoms with Gasteiger partial charge in [-0.1, -0.05) is 29.3 Å². The molecule has 2 aromatic carbocycles. The monoisotopic (exact) mass is 570 g/mol. The summed E-state index contributed by atoms with van der Waals surface area (Å²) < 4.78 is 40.0. The van der Waals surface area contributed by atoms with Gasteiger partial charge >= 0.3 is 0 Å². The zero-order valence-corrected chi connectivity index (χ0v) is 23.1. The second-order valence-corrected chi connectivity index (χ2v) is 12.5. The van der Waals surface area contributed by atoms with Crippen molar-refractivity contribution in [2.24, 2.45) is 0 Å². The maximum Gasteiger partial charge on any atom is 0.243 e. The molecule has 1 atom stereocenters. The van der Waals surface area contributed by atoms with Crippen LogP contribution in [0.4, 0.5) is 0 Å². The highest BCUT2D eigenvalue weighted by molar-refractivity contribution is 7.89. The molecule has 7 nitrogen and oxygen atoms in total. The van der Waals surface area contributed by atoms with Crippen molar-refractivity contribution >= 4 is 38.9 Å². The second kappa shape index (κ2) is 11.3. The number of carbonyl (C=O) groups is 1. The van der Waals surface area contributed by atoms with Crippen LogP contribution in [0.2, 0.25) is 5.02 Å². The van der Waals surface area contributed by atoms with Crippen molar-refractivity contribution in [3.63, 3.8) is 0 Å². The maximum atomic E-state index is 13.8. The predicted octanol–water partition coefficient (Wildman–Crippen LogP) is 5.70. The molecule has 1 aliphatic heterocycles. The normalized spacial score (nSPS) is 15.4. The van der Waals surface area contributed by atoms with E-state index in [0.29, 0.717) is 29.5 Å². The number of carbonyl (C=O) groups excluding carboxylic acids is 1. The van der Waals surface area contributed by atoms with E-state index in [9.17, 15) is 13.2 Å². The smallest absolute Gasteiger partial charge is 0.243 e. The first-order chi connectivity index (χ1) is 18.3. The molecule has 0 radical (unpaired) electrons. The van der Waals surface area contributed by atoms with Gasteiger partial charge in [0.1, 0.15) is 18.1 Å². The number of benzene rings is 2. The summed E-state index contributed by atoms with van der Waals surface area (Å²) in [7, 11) is -3.97. The molecule has 0 aliphatic carbocycles. The average molecular weight is 571 g/mol. The molecule has 4 aromatic rings. The number of thiophene rings is 1. The number of sulfonamides is 1. The molecular weight excluding hydrogens is 544 g/mol. The highest BCUT2D eigenvalue weighted by Crippen LogP contribution is 2.34. The van der Waals surface area contributed by atoms with E-state index in [2.05, 4.69) is 0 Å². The molecule has 1 amide bonds. The summed E-state index contributed by atoms with van der Waals surface area (Å²) in [5.41, 5.74) is 1.98. The van der Waals surface area contributed by atoms with Crippen LogP contribution < -0.4 is 4.74 Å². The minimum atomic E-state index is -3.97. The average Bonchev–Trinajstić information content (AvgIpc) is 3.60. The van der Waals surface area contributed by atoms with Gasteiger partial charge in [0.05, 0.1) is 30.3 Å². The molecule has 0 saturated heterocycles. The molecule has 0 unspecified atom stereocenters. The van der Waals surface area contributed by atoms with E-state index in [1.165, 1.54) is 15.4 Å². The summed E-state index contributed by atoms with van der Waals surface area (Å²) >= 11 is 7.65. The zero-order chi connectivity index (χ0) is 26.7.